The molecule has 1 aromatic rings. The maximum absolute atomic E-state index is 11.6. The molecule has 0 spiro atoms. The number of carbonyl (C=O) groups is 1. The Morgan fingerprint density at radius 1 is 1.42 bits per heavy atom. The molecule has 0 saturated heterocycles. The van der Waals surface area contributed by atoms with E-state index >= 15 is 0 Å². The Bertz CT molecular complexity index is 488. The van der Waals surface area contributed by atoms with E-state index in [0.717, 1.165) is 0 Å². The number of rotatable bonds is 5. The van der Waals surface area contributed by atoms with Crippen LogP contribution in [0.2, 0.25) is 0 Å². The number of hydrogen-bond donors (Lipinski definition) is 2. The number of ether oxygens (including phenoxy) is 1. The van der Waals surface area contributed by atoms with E-state index in [1.807, 2.05) is 13.8 Å². The Kier molecular flexibility index (Phi) is 4.68. The summed E-state index contributed by atoms with van der Waals surface area (Å²) in [4.78, 5) is 21.8. The summed E-state index contributed by atoms with van der Waals surface area (Å²) in [5, 5.41) is 13.7. The second kappa shape index (κ2) is 6.03. The van der Waals surface area contributed by atoms with Gasteiger partial charge in [-0.25, -0.2) is 4.79 Å². The fourth-order valence-corrected chi connectivity index (χ4v) is 1.63. The molecule has 1 atom stereocenters. The van der Waals surface area contributed by atoms with Crippen LogP contribution in [0, 0.1) is 16.0 Å². The fraction of sp³-hybridized carbons (Fsp3) is 0.417. The summed E-state index contributed by atoms with van der Waals surface area (Å²) < 4.78 is 4.69. The summed E-state index contributed by atoms with van der Waals surface area (Å²) in [5.41, 5.74) is 6.13. The third kappa shape index (κ3) is 3.84. The molecule has 19 heavy (non-hydrogen) atoms. The number of benzene rings is 1. The highest BCUT2D eigenvalue weighted by molar-refractivity contribution is 5.80. The summed E-state index contributed by atoms with van der Waals surface area (Å²) in [6.07, 6.45) is 0. The van der Waals surface area contributed by atoms with Gasteiger partial charge in [0.15, 0.2) is 0 Å². The monoisotopic (exact) mass is 267 g/mol. The van der Waals surface area contributed by atoms with Crippen LogP contribution in [0.15, 0.2) is 18.2 Å². The summed E-state index contributed by atoms with van der Waals surface area (Å²) in [7, 11) is 1.29. The van der Waals surface area contributed by atoms with Crippen molar-refractivity contribution in [3.8, 4) is 0 Å². The topological polar surface area (TPSA) is 107 Å². The number of anilines is 2. The highest BCUT2D eigenvalue weighted by Gasteiger charge is 2.23. The lowest BCUT2D eigenvalue weighted by Crippen LogP contribution is -2.35. The van der Waals surface area contributed by atoms with Gasteiger partial charge >= 0.3 is 5.97 Å². The minimum atomic E-state index is -0.591. The summed E-state index contributed by atoms with van der Waals surface area (Å²) in [6, 6.07) is 3.53. The molecule has 1 unspecified atom stereocenters. The van der Waals surface area contributed by atoms with Crippen LogP contribution in [0.4, 0.5) is 17.1 Å². The Balaban J connectivity index is 3.02. The first-order valence-electron chi connectivity index (χ1n) is 5.74. The van der Waals surface area contributed by atoms with E-state index in [-0.39, 0.29) is 17.3 Å². The summed E-state index contributed by atoms with van der Waals surface area (Å²) in [5.74, 6) is -0.465. The van der Waals surface area contributed by atoms with Crippen LogP contribution in [-0.2, 0) is 9.53 Å². The number of nitrogens with two attached hydrogens (primary N) is 1. The quantitative estimate of drug-likeness (QED) is 0.364. The van der Waals surface area contributed by atoms with Crippen molar-refractivity contribution < 1.29 is 14.5 Å². The molecule has 0 aromatic heterocycles. The van der Waals surface area contributed by atoms with Gasteiger partial charge in [0.25, 0.3) is 5.69 Å². The van der Waals surface area contributed by atoms with Crippen molar-refractivity contribution in [2.24, 2.45) is 5.92 Å². The molecule has 0 fully saturated rings. The maximum atomic E-state index is 11.6. The van der Waals surface area contributed by atoms with Crippen molar-refractivity contribution >= 4 is 23.0 Å². The Morgan fingerprint density at radius 2 is 2.05 bits per heavy atom. The van der Waals surface area contributed by atoms with Crippen molar-refractivity contribution in [2.45, 2.75) is 19.9 Å². The first-order chi connectivity index (χ1) is 8.85. The number of nitro groups is 1. The van der Waals surface area contributed by atoms with Gasteiger partial charge in [-0.2, -0.15) is 0 Å². The van der Waals surface area contributed by atoms with Gasteiger partial charge in [0.1, 0.15) is 6.04 Å². The average Bonchev–Trinajstić information content (AvgIpc) is 2.34. The molecule has 0 aliphatic carbocycles. The average molecular weight is 267 g/mol. The van der Waals surface area contributed by atoms with Crippen molar-refractivity contribution in [3.05, 3.63) is 28.3 Å². The van der Waals surface area contributed by atoms with Gasteiger partial charge in [-0.05, 0) is 12.0 Å². The standard InChI is InChI=1S/C12H17N3O4/c1-7(2)11(12(16)19-3)14-9-4-8(13)5-10(6-9)15(17)18/h4-7,11,14H,13H2,1-3H3. The third-order valence-corrected chi connectivity index (χ3v) is 2.59. The smallest absolute Gasteiger partial charge is 0.328 e. The lowest BCUT2D eigenvalue weighted by atomic mass is 10.0. The predicted molar refractivity (Wildman–Crippen MR) is 71.8 cm³/mol. The molecule has 1 rings (SSSR count). The van der Waals surface area contributed by atoms with Crippen LogP contribution < -0.4 is 11.1 Å². The summed E-state index contributed by atoms with van der Waals surface area (Å²) in [6.45, 7) is 3.69. The molecule has 0 bridgehead atoms. The molecular weight excluding hydrogens is 250 g/mol. The SMILES string of the molecule is COC(=O)C(Nc1cc(N)cc([N+](=O)[O-])c1)C(C)C. The number of hydrogen-bond acceptors (Lipinski definition) is 6. The largest absolute Gasteiger partial charge is 0.467 e. The first kappa shape index (κ1) is 14.7. The minimum Gasteiger partial charge on any atom is -0.467 e. The van der Waals surface area contributed by atoms with Gasteiger partial charge < -0.3 is 15.8 Å². The van der Waals surface area contributed by atoms with Crippen LogP contribution in [0.3, 0.4) is 0 Å². The van der Waals surface area contributed by atoms with Crippen molar-refractivity contribution in [1.82, 2.24) is 0 Å². The molecule has 0 saturated carbocycles. The molecule has 0 amide bonds. The number of nitrogen functional groups attached to an aromatic ring is 1. The molecule has 3 N–H and O–H groups in total. The zero-order valence-electron chi connectivity index (χ0n) is 11.0. The van der Waals surface area contributed by atoms with Crippen molar-refractivity contribution in [3.63, 3.8) is 0 Å². The van der Waals surface area contributed by atoms with Gasteiger partial charge in [0, 0.05) is 23.5 Å². The molecule has 7 heteroatoms. The molecule has 7 nitrogen and oxygen atoms in total. The fourth-order valence-electron chi connectivity index (χ4n) is 1.63. The first-order valence-corrected chi connectivity index (χ1v) is 5.74. The van der Waals surface area contributed by atoms with Gasteiger partial charge in [0.2, 0.25) is 0 Å². The summed E-state index contributed by atoms with van der Waals surface area (Å²) >= 11 is 0. The normalized spacial score (nSPS) is 12.0. The van der Waals surface area contributed by atoms with Crippen molar-refractivity contribution in [1.29, 1.82) is 0 Å². The molecule has 0 heterocycles. The molecule has 104 valence electrons. The van der Waals surface area contributed by atoms with Crippen LogP contribution in [0.5, 0.6) is 0 Å². The Hall–Kier alpha value is -2.31. The Labute approximate surface area is 110 Å². The number of methoxy groups -OCH3 is 1. The zero-order chi connectivity index (χ0) is 14.6. The maximum Gasteiger partial charge on any atom is 0.328 e. The Morgan fingerprint density at radius 3 is 2.53 bits per heavy atom. The van der Waals surface area contributed by atoms with Gasteiger partial charge in [-0.15, -0.1) is 0 Å². The molecule has 0 radical (unpaired) electrons. The predicted octanol–water partition coefficient (Wildman–Crippen LogP) is 1.79. The number of non-ortho nitro benzene ring substituents is 1. The van der Waals surface area contributed by atoms with Gasteiger partial charge in [-0.1, -0.05) is 13.8 Å². The minimum absolute atomic E-state index is 0.0343. The van der Waals surface area contributed by atoms with E-state index in [1.165, 1.54) is 25.3 Å². The van der Waals surface area contributed by atoms with E-state index in [0.29, 0.717) is 5.69 Å². The van der Waals surface area contributed by atoms with E-state index in [9.17, 15) is 14.9 Å². The molecule has 0 aliphatic heterocycles. The highest BCUT2D eigenvalue weighted by Crippen LogP contribution is 2.24. The van der Waals surface area contributed by atoms with E-state index < -0.39 is 16.9 Å². The number of nitrogens with one attached hydrogen (secondary N) is 1. The highest BCUT2D eigenvalue weighted by atomic mass is 16.6. The second-order valence-corrected chi connectivity index (χ2v) is 4.46. The molecule has 1 aromatic carbocycles. The van der Waals surface area contributed by atoms with Crippen molar-refractivity contribution in [2.75, 3.05) is 18.2 Å². The number of carbonyl (C=O) groups excluding carboxylic acids is 1. The van der Waals surface area contributed by atoms with E-state index in [2.05, 4.69) is 10.1 Å². The van der Waals surface area contributed by atoms with Gasteiger partial charge in [0.05, 0.1) is 12.0 Å². The van der Waals surface area contributed by atoms with Crippen LogP contribution >= 0.6 is 0 Å². The molecular formula is C12H17N3O4. The lowest BCUT2D eigenvalue weighted by molar-refractivity contribution is -0.384. The number of nitro benzene ring substituents is 1. The molecule has 0 aliphatic rings. The van der Waals surface area contributed by atoms with E-state index in [4.69, 9.17) is 5.73 Å². The number of nitrogens with zero attached hydrogens (tertiary/aromatic N) is 1. The van der Waals surface area contributed by atoms with Crippen LogP contribution in [-0.4, -0.2) is 24.0 Å². The van der Waals surface area contributed by atoms with Crippen LogP contribution in [0.1, 0.15) is 13.8 Å². The van der Waals surface area contributed by atoms with Crippen LogP contribution in [0.25, 0.3) is 0 Å². The zero-order valence-corrected chi connectivity index (χ0v) is 11.0. The lowest BCUT2D eigenvalue weighted by Gasteiger charge is -2.21. The van der Waals surface area contributed by atoms with Gasteiger partial charge in [-0.3, -0.25) is 10.1 Å². The third-order valence-electron chi connectivity index (χ3n) is 2.59. The van der Waals surface area contributed by atoms with E-state index in [1.54, 1.807) is 0 Å². The second-order valence-electron chi connectivity index (χ2n) is 4.46. The number of esters is 1.